The molecule has 3 rings (SSSR count). The summed E-state index contributed by atoms with van der Waals surface area (Å²) in [4.78, 5) is 0. The van der Waals surface area contributed by atoms with E-state index >= 15 is 0 Å². The number of hydrogen-bond donors (Lipinski definition) is 0. The number of nitrogens with zero attached hydrogens (tertiary/aromatic N) is 1. The van der Waals surface area contributed by atoms with Gasteiger partial charge in [-0.15, -0.1) is 0 Å². The van der Waals surface area contributed by atoms with Crippen molar-refractivity contribution in [2.45, 2.75) is 6.54 Å². The number of fused-ring (bicyclic) bond motifs is 1. The number of rotatable bonds is 2. The van der Waals surface area contributed by atoms with Crippen molar-refractivity contribution in [3.63, 3.8) is 0 Å². The quantitative estimate of drug-likeness (QED) is 0.644. The molecule has 0 unspecified atom stereocenters. The van der Waals surface area contributed by atoms with Crippen LogP contribution in [-0.4, -0.2) is 4.57 Å². The second-order valence-electron chi connectivity index (χ2n) is 4.40. The fourth-order valence-corrected chi connectivity index (χ4v) is 2.33. The summed E-state index contributed by atoms with van der Waals surface area (Å²) in [6, 6.07) is 11.2. The summed E-state index contributed by atoms with van der Waals surface area (Å²) < 4.78 is 28.3. The van der Waals surface area contributed by atoms with Gasteiger partial charge in [0.15, 0.2) is 0 Å². The Labute approximate surface area is 114 Å². The number of benzene rings is 2. The standard InChI is InChI=1S/C15H10ClF2N/c16-13-7-10(1-4-14(13)18)9-19-6-5-11-2-3-12(17)8-15(11)19/h1-8H,9H2. The van der Waals surface area contributed by atoms with Gasteiger partial charge in [0.05, 0.1) is 10.5 Å². The highest BCUT2D eigenvalue weighted by atomic mass is 35.5. The van der Waals surface area contributed by atoms with Crippen LogP contribution in [0.25, 0.3) is 10.9 Å². The number of aromatic nitrogens is 1. The Morgan fingerprint density at radius 1 is 1.00 bits per heavy atom. The van der Waals surface area contributed by atoms with Gasteiger partial charge in [0.25, 0.3) is 0 Å². The van der Waals surface area contributed by atoms with Gasteiger partial charge in [-0.05, 0) is 47.3 Å². The van der Waals surface area contributed by atoms with Gasteiger partial charge in [0.1, 0.15) is 11.6 Å². The molecule has 3 aromatic rings. The minimum atomic E-state index is -0.436. The molecular formula is C15H10ClF2N. The largest absolute Gasteiger partial charge is 0.343 e. The second kappa shape index (κ2) is 4.67. The minimum Gasteiger partial charge on any atom is -0.343 e. The summed E-state index contributed by atoms with van der Waals surface area (Å²) in [6.07, 6.45) is 1.88. The third-order valence-electron chi connectivity index (χ3n) is 3.07. The molecule has 0 atom stereocenters. The first kappa shape index (κ1) is 12.2. The highest BCUT2D eigenvalue weighted by Gasteiger charge is 2.05. The zero-order valence-corrected chi connectivity index (χ0v) is 10.7. The fraction of sp³-hybridized carbons (Fsp3) is 0.0667. The molecule has 0 amide bonds. The predicted molar refractivity (Wildman–Crippen MR) is 72.4 cm³/mol. The topological polar surface area (TPSA) is 4.93 Å². The lowest BCUT2D eigenvalue weighted by molar-refractivity contribution is 0.626. The smallest absolute Gasteiger partial charge is 0.141 e. The highest BCUT2D eigenvalue weighted by Crippen LogP contribution is 2.21. The van der Waals surface area contributed by atoms with E-state index in [1.165, 1.54) is 18.2 Å². The highest BCUT2D eigenvalue weighted by molar-refractivity contribution is 6.30. The van der Waals surface area contributed by atoms with Crippen molar-refractivity contribution in [3.8, 4) is 0 Å². The number of halogens is 3. The summed E-state index contributed by atoms with van der Waals surface area (Å²) in [6.45, 7) is 0.521. The Morgan fingerprint density at radius 3 is 2.63 bits per heavy atom. The van der Waals surface area contributed by atoms with E-state index in [0.717, 1.165) is 16.5 Å². The second-order valence-corrected chi connectivity index (χ2v) is 4.80. The molecule has 1 nitrogen and oxygen atoms in total. The summed E-state index contributed by atoms with van der Waals surface area (Å²) in [5, 5.41) is 1.06. The SMILES string of the molecule is Fc1ccc2ccn(Cc3ccc(F)c(Cl)c3)c2c1. The average Bonchev–Trinajstić information content (AvgIpc) is 2.77. The zero-order chi connectivity index (χ0) is 13.4. The van der Waals surface area contributed by atoms with Crippen LogP contribution in [0.3, 0.4) is 0 Å². The first-order valence-corrected chi connectivity index (χ1v) is 6.19. The lowest BCUT2D eigenvalue weighted by Crippen LogP contribution is -1.98. The molecule has 0 radical (unpaired) electrons. The van der Waals surface area contributed by atoms with Crippen LogP contribution in [0.4, 0.5) is 8.78 Å². The Hall–Kier alpha value is -1.87. The molecule has 0 spiro atoms. The summed E-state index contributed by atoms with van der Waals surface area (Å²) in [5.41, 5.74) is 1.67. The molecule has 0 N–H and O–H groups in total. The maximum Gasteiger partial charge on any atom is 0.141 e. The van der Waals surface area contributed by atoms with E-state index in [4.69, 9.17) is 11.6 Å². The molecular weight excluding hydrogens is 268 g/mol. The molecule has 1 aromatic heterocycles. The molecule has 0 aliphatic heterocycles. The van der Waals surface area contributed by atoms with Crippen molar-refractivity contribution in [3.05, 3.63) is 70.9 Å². The van der Waals surface area contributed by atoms with Gasteiger partial charge in [0.2, 0.25) is 0 Å². The number of hydrogen-bond acceptors (Lipinski definition) is 0. The van der Waals surface area contributed by atoms with E-state index < -0.39 is 5.82 Å². The lowest BCUT2D eigenvalue weighted by atomic mass is 10.2. The molecule has 1 heterocycles. The van der Waals surface area contributed by atoms with Crippen LogP contribution in [-0.2, 0) is 6.54 Å². The molecule has 2 aromatic carbocycles. The van der Waals surface area contributed by atoms with E-state index in [1.54, 1.807) is 18.2 Å². The predicted octanol–water partition coefficient (Wildman–Crippen LogP) is 4.62. The lowest BCUT2D eigenvalue weighted by Gasteiger charge is -2.06. The van der Waals surface area contributed by atoms with Crippen LogP contribution in [0, 0.1) is 11.6 Å². The first-order chi connectivity index (χ1) is 9.13. The van der Waals surface area contributed by atoms with Gasteiger partial charge in [-0.1, -0.05) is 17.7 Å². The van der Waals surface area contributed by atoms with Gasteiger partial charge in [-0.25, -0.2) is 8.78 Å². The van der Waals surface area contributed by atoms with E-state index in [1.807, 2.05) is 16.8 Å². The normalized spacial score (nSPS) is 11.1. The maximum absolute atomic E-state index is 13.3. The molecule has 0 saturated heterocycles. The van der Waals surface area contributed by atoms with Crippen molar-refractivity contribution in [2.75, 3.05) is 0 Å². The van der Waals surface area contributed by atoms with Crippen LogP contribution < -0.4 is 0 Å². The zero-order valence-electron chi connectivity index (χ0n) is 9.91. The third kappa shape index (κ3) is 2.34. The van der Waals surface area contributed by atoms with Crippen LogP contribution in [0.2, 0.25) is 5.02 Å². The Morgan fingerprint density at radius 2 is 1.84 bits per heavy atom. The Bertz CT molecular complexity index is 749. The summed E-state index contributed by atoms with van der Waals surface area (Å²) in [5.74, 6) is -0.710. The van der Waals surface area contributed by atoms with Crippen LogP contribution in [0.1, 0.15) is 5.56 Å². The monoisotopic (exact) mass is 277 g/mol. The molecule has 4 heteroatoms. The van der Waals surface area contributed by atoms with Gasteiger partial charge in [-0.3, -0.25) is 0 Å². The molecule has 96 valence electrons. The Balaban J connectivity index is 2.00. The summed E-state index contributed by atoms with van der Waals surface area (Å²) in [7, 11) is 0. The maximum atomic E-state index is 13.3. The molecule has 0 fully saturated rings. The molecule has 0 aliphatic rings. The average molecular weight is 278 g/mol. The van der Waals surface area contributed by atoms with E-state index in [2.05, 4.69) is 0 Å². The molecule has 0 saturated carbocycles. The first-order valence-electron chi connectivity index (χ1n) is 5.82. The molecule has 0 bridgehead atoms. The van der Waals surface area contributed by atoms with Crippen molar-refractivity contribution in [2.24, 2.45) is 0 Å². The summed E-state index contributed by atoms with van der Waals surface area (Å²) >= 11 is 5.75. The third-order valence-corrected chi connectivity index (χ3v) is 3.36. The van der Waals surface area contributed by atoms with Crippen LogP contribution in [0.15, 0.2) is 48.7 Å². The minimum absolute atomic E-state index is 0.0974. The van der Waals surface area contributed by atoms with Crippen molar-refractivity contribution >= 4 is 22.5 Å². The van der Waals surface area contributed by atoms with Crippen molar-refractivity contribution in [1.29, 1.82) is 0 Å². The van der Waals surface area contributed by atoms with Gasteiger partial charge >= 0.3 is 0 Å². The van der Waals surface area contributed by atoms with E-state index in [0.29, 0.717) is 6.54 Å². The Kier molecular flexibility index (Phi) is 2.99. The van der Waals surface area contributed by atoms with E-state index in [9.17, 15) is 8.78 Å². The van der Waals surface area contributed by atoms with Crippen LogP contribution >= 0.6 is 11.6 Å². The molecule has 0 aliphatic carbocycles. The fourth-order valence-electron chi connectivity index (χ4n) is 2.13. The van der Waals surface area contributed by atoms with Crippen molar-refractivity contribution in [1.82, 2.24) is 4.57 Å². The van der Waals surface area contributed by atoms with E-state index in [-0.39, 0.29) is 10.8 Å². The van der Waals surface area contributed by atoms with Crippen LogP contribution in [0.5, 0.6) is 0 Å². The van der Waals surface area contributed by atoms with Gasteiger partial charge in [-0.2, -0.15) is 0 Å². The van der Waals surface area contributed by atoms with Gasteiger partial charge in [0, 0.05) is 12.7 Å². The van der Waals surface area contributed by atoms with Gasteiger partial charge < -0.3 is 4.57 Å². The molecule has 19 heavy (non-hydrogen) atoms. The van der Waals surface area contributed by atoms with Crippen molar-refractivity contribution < 1.29 is 8.78 Å².